The molecule has 1 N–H and O–H groups in total. The number of hydrogen-bond acceptors (Lipinski definition) is 3. The van der Waals surface area contributed by atoms with Gasteiger partial charge in [0.15, 0.2) is 5.78 Å². The molecule has 0 unspecified atom stereocenters. The quantitative estimate of drug-likeness (QED) is 0.0718. The second-order valence-corrected chi connectivity index (χ2v) is 18.9. The largest absolute Gasteiger partial charge is 0.512 e. The molecule has 4 aromatic carbocycles. The van der Waals surface area contributed by atoms with Crippen molar-refractivity contribution in [2.45, 2.75) is 80.3 Å². The Morgan fingerprint density at radius 3 is 2.10 bits per heavy atom. The molecule has 0 aliphatic carbocycles. The number of ketones is 1. The van der Waals surface area contributed by atoms with Gasteiger partial charge in [-0.1, -0.05) is 125 Å². The number of rotatable bonds is 8. The smallest absolute Gasteiger partial charge is 0.164 e. The van der Waals surface area contributed by atoms with E-state index in [0.717, 1.165) is 31.4 Å². The standard InChI is InChI=1S/C29H21N2Si.C15H28O2.Ir/c1-32(2)25-14-8-13-23-26(25)27-24(31(23)20-10-4-3-5-11-20)17-18-30-28(27)22-16-15-19-9-6-7-12-21(19)29(22)32;1-7-14(5,8-2)12(16)11-13(17)15(6,9-3)10-4;/h3-15,17-18H,1-2H3;11,16H,7-10H2,1-6H3;/q-1;;/b;12-11-;. The molecule has 0 saturated carbocycles. The van der Waals surface area contributed by atoms with Crippen LogP contribution in [0.3, 0.4) is 0 Å². The van der Waals surface area contributed by atoms with Crippen molar-refractivity contribution in [3.05, 3.63) is 109 Å². The predicted octanol–water partition coefficient (Wildman–Crippen LogP) is 10.6. The number of fused-ring (bicyclic) bond motifs is 4. The van der Waals surface area contributed by atoms with E-state index in [4.69, 9.17) is 4.98 Å². The van der Waals surface area contributed by atoms with Gasteiger partial charge in [-0.15, -0.1) is 22.9 Å². The van der Waals surface area contributed by atoms with E-state index in [0.29, 0.717) is 0 Å². The van der Waals surface area contributed by atoms with Crippen molar-refractivity contribution in [1.82, 2.24) is 9.55 Å². The molecule has 1 radical (unpaired) electrons. The number of aromatic nitrogens is 2. The molecule has 6 heteroatoms. The molecule has 50 heavy (non-hydrogen) atoms. The Hall–Kier alpha value is -3.83. The number of aliphatic hydroxyl groups excluding tert-OH is 1. The van der Waals surface area contributed by atoms with Gasteiger partial charge in [-0.25, -0.2) is 0 Å². The zero-order chi connectivity index (χ0) is 35.1. The van der Waals surface area contributed by atoms with Crippen molar-refractivity contribution in [2.24, 2.45) is 10.8 Å². The molecule has 0 amide bonds. The van der Waals surface area contributed by atoms with Crippen molar-refractivity contribution in [3.8, 4) is 16.9 Å². The monoisotopic (exact) mass is 858 g/mol. The van der Waals surface area contributed by atoms with Gasteiger partial charge in [-0.3, -0.25) is 4.79 Å². The molecule has 0 saturated heterocycles. The number of carbonyl (C=O) groups excluding carboxylic acids is 1. The Balaban J connectivity index is 0.000000234. The van der Waals surface area contributed by atoms with Crippen molar-refractivity contribution in [1.29, 1.82) is 0 Å². The molecule has 1 aliphatic heterocycles. The molecule has 0 fully saturated rings. The number of hydrogen-bond donors (Lipinski definition) is 1. The Labute approximate surface area is 312 Å². The van der Waals surface area contributed by atoms with Crippen LogP contribution in [0.25, 0.3) is 49.5 Å². The topological polar surface area (TPSA) is 55.1 Å². The molecule has 0 spiro atoms. The van der Waals surface area contributed by atoms with Gasteiger partial charge in [0, 0.05) is 54.4 Å². The first-order valence-corrected chi connectivity index (χ1v) is 20.8. The van der Waals surface area contributed by atoms with Crippen molar-refractivity contribution in [3.63, 3.8) is 0 Å². The van der Waals surface area contributed by atoms with Gasteiger partial charge in [0.25, 0.3) is 0 Å². The summed E-state index contributed by atoms with van der Waals surface area (Å²) in [6, 6.07) is 34.3. The minimum atomic E-state index is -2.07. The van der Waals surface area contributed by atoms with E-state index in [1.807, 2.05) is 47.7 Å². The maximum Gasteiger partial charge on any atom is 0.164 e. The van der Waals surface area contributed by atoms with Crippen LogP contribution in [-0.2, 0) is 24.9 Å². The van der Waals surface area contributed by atoms with Crippen LogP contribution < -0.4 is 10.4 Å². The van der Waals surface area contributed by atoms with E-state index in [1.54, 1.807) is 0 Å². The summed E-state index contributed by atoms with van der Waals surface area (Å²) in [5.41, 5.74) is 5.29. The number of nitrogens with zero attached hydrogens (tertiary/aromatic N) is 2. The Morgan fingerprint density at radius 1 is 0.820 bits per heavy atom. The van der Waals surface area contributed by atoms with Crippen molar-refractivity contribution >= 4 is 56.8 Å². The molecule has 7 rings (SSSR count). The molecule has 3 heterocycles. The van der Waals surface area contributed by atoms with Gasteiger partial charge in [0.1, 0.15) is 5.76 Å². The normalized spacial score (nSPS) is 13.8. The van der Waals surface area contributed by atoms with E-state index >= 15 is 0 Å². The van der Waals surface area contributed by atoms with E-state index in [1.165, 1.54) is 60.3 Å². The SMILES string of the molecule is CCC(C)(CC)C(=O)/C=C(\O)C(C)(CC)CC.C[Si]1(C)c2c([c-]cc3ccccc23)-c2nccc3c2c2c1cccc2n3-c1ccccc1.[Ir]. The third-order valence-electron chi connectivity index (χ3n) is 11.7. The Bertz CT molecular complexity index is 2210. The molecular formula is C44H49IrN2O2Si-. The fourth-order valence-corrected chi connectivity index (χ4v) is 10.8. The minimum Gasteiger partial charge on any atom is -0.512 e. The van der Waals surface area contributed by atoms with Crippen molar-refractivity contribution in [2.75, 3.05) is 0 Å². The molecule has 1 aliphatic rings. The average Bonchev–Trinajstić information content (AvgIpc) is 3.44. The zero-order valence-electron chi connectivity index (χ0n) is 30.6. The summed E-state index contributed by atoms with van der Waals surface area (Å²) in [6.07, 6.45) is 6.71. The number of carbonyl (C=O) groups is 1. The van der Waals surface area contributed by atoms with Gasteiger partial charge >= 0.3 is 0 Å². The van der Waals surface area contributed by atoms with Gasteiger partial charge < -0.3 is 14.7 Å². The minimum absolute atomic E-state index is 0. The Kier molecular flexibility index (Phi) is 10.8. The van der Waals surface area contributed by atoms with E-state index < -0.39 is 8.07 Å². The molecule has 261 valence electrons. The van der Waals surface area contributed by atoms with E-state index in [-0.39, 0.29) is 42.5 Å². The van der Waals surface area contributed by atoms with E-state index in [2.05, 4.69) is 109 Å². The summed E-state index contributed by atoms with van der Waals surface area (Å²) >= 11 is 0. The number of pyridine rings is 1. The zero-order valence-corrected chi connectivity index (χ0v) is 34.0. The molecule has 2 aromatic heterocycles. The molecule has 4 nitrogen and oxygen atoms in total. The van der Waals surface area contributed by atoms with Gasteiger partial charge in [0.2, 0.25) is 0 Å². The van der Waals surface area contributed by atoms with Crippen LogP contribution in [0.15, 0.2) is 103 Å². The van der Waals surface area contributed by atoms with Crippen LogP contribution in [-0.4, -0.2) is 28.5 Å². The summed E-state index contributed by atoms with van der Waals surface area (Å²) in [5.74, 6) is 0.286. The van der Waals surface area contributed by atoms with Gasteiger partial charge in [-0.05, 0) is 66.4 Å². The van der Waals surface area contributed by atoms with Gasteiger partial charge in [0.05, 0.1) is 13.6 Å². The van der Waals surface area contributed by atoms with Crippen LogP contribution >= 0.6 is 0 Å². The van der Waals surface area contributed by atoms with Crippen LogP contribution in [0.1, 0.15) is 67.2 Å². The van der Waals surface area contributed by atoms with Crippen LogP contribution in [0.2, 0.25) is 13.1 Å². The summed E-state index contributed by atoms with van der Waals surface area (Å²) in [7, 11) is -2.07. The molecule has 0 bridgehead atoms. The predicted molar refractivity (Wildman–Crippen MR) is 210 cm³/mol. The number of aliphatic hydroxyl groups is 1. The van der Waals surface area contributed by atoms with Crippen LogP contribution in [0.5, 0.6) is 0 Å². The maximum absolute atomic E-state index is 12.2. The summed E-state index contributed by atoms with van der Waals surface area (Å²) in [5, 5.41) is 18.3. The van der Waals surface area contributed by atoms with Crippen LogP contribution in [0, 0.1) is 16.9 Å². The van der Waals surface area contributed by atoms with Crippen LogP contribution in [0.4, 0.5) is 0 Å². The summed E-state index contributed by atoms with van der Waals surface area (Å²) in [4.78, 5) is 17.2. The molecule has 0 atom stereocenters. The third-order valence-corrected chi connectivity index (χ3v) is 15.2. The fourth-order valence-electron chi connectivity index (χ4n) is 7.43. The fraction of sp³-hybridized carbons (Fsp3) is 0.318. The number of para-hydroxylation sites is 1. The van der Waals surface area contributed by atoms with E-state index in [9.17, 15) is 9.90 Å². The first-order chi connectivity index (χ1) is 23.5. The summed E-state index contributed by atoms with van der Waals surface area (Å²) in [6.45, 7) is 17.1. The number of allylic oxidation sites excluding steroid dienone is 2. The first kappa shape index (κ1) is 37.4. The summed E-state index contributed by atoms with van der Waals surface area (Å²) < 4.78 is 2.40. The van der Waals surface area contributed by atoms with Gasteiger partial charge in [-0.2, -0.15) is 0 Å². The molecular weight excluding hydrogens is 809 g/mol. The van der Waals surface area contributed by atoms with Crippen molar-refractivity contribution < 1.29 is 30.0 Å². The third kappa shape index (κ3) is 6.10. The molecule has 6 aromatic rings. The second kappa shape index (κ2) is 14.4. The average molecular weight is 858 g/mol. The second-order valence-electron chi connectivity index (χ2n) is 14.6. The maximum atomic E-state index is 12.2. The Morgan fingerprint density at radius 2 is 1.44 bits per heavy atom. The first-order valence-electron chi connectivity index (χ1n) is 17.8. The number of benzene rings is 4.